The normalized spacial score (nSPS) is 14.5. The van der Waals surface area contributed by atoms with Crippen molar-refractivity contribution in [3.8, 4) is 0 Å². The molecule has 53 heavy (non-hydrogen) atoms. The molecule has 0 unspecified atom stereocenters. The summed E-state index contributed by atoms with van der Waals surface area (Å²) in [7, 11) is -1.70. The van der Waals surface area contributed by atoms with Crippen LogP contribution in [0.4, 0.5) is 9.59 Å². The fourth-order valence-electron chi connectivity index (χ4n) is 5.52. The predicted octanol–water partition coefficient (Wildman–Crippen LogP) is 0.717. The Kier molecular flexibility index (Phi) is 21.0. The maximum absolute atomic E-state index is 13.1. The second-order valence-electron chi connectivity index (χ2n) is 12.4. The highest BCUT2D eigenvalue weighted by Gasteiger charge is 2.28. The van der Waals surface area contributed by atoms with Gasteiger partial charge in [-0.2, -0.15) is 0 Å². The van der Waals surface area contributed by atoms with Crippen LogP contribution in [0.15, 0.2) is 41.3 Å². The van der Waals surface area contributed by atoms with Crippen molar-refractivity contribution in [3.63, 3.8) is 0 Å². The van der Waals surface area contributed by atoms with Crippen molar-refractivity contribution in [3.05, 3.63) is 63.7 Å². The number of nitrogens with zero attached hydrogens (tertiary/aromatic N) is 1. The van der Waals surface area contributed by atoms with Crippen molar-refractivity contribution >= 4 is 33.7 Å². The molecule has 1 aliphatic heterocycles. The van der Waals surface area contributed by atoms with E-state index in [4.69, 9.17) is 36.3 Å². The van der Waals surface area contributed by atoms with Gasteiger partial charge in [0.1, 0.15) is 0 Å². The van der Waals surface area contributed by atoms with E-state index in [-0.39, 0.29) is 42.6 Å². The van der Waals surface area contributed by atoms with Gasteiger partial charge in [0.15, 0.2) is 0 Å². The van der Waals surface area contributed by atoms with Crippen molar-refractivity contribution in [2.45, 2.75) is 24.3 Å². The molecule has 8 N–H and O–H groups in total. The zero-order valence-corrected chi connectivity index (χ0v) is 32.4. The number of fused-ring (bicyclic) bond motifs is 1. The molecule has 3 rings (SSSR count). The molecule has 0 bridgehead atoms. The number of carbonyl (C=O) groups excluding carboxylic acids is 2. The lowest BCUT2D eigenvalue weighted by Crippen LogP contribution is -2.43. The van der Waals surface area contributed by atoms with Gasteiger partial charge in [-0.1, -0.05) is 29.8 Å². The van der Waals surface area contributed by atoms with Crippen LogP contribution < -0.4 is 37.0 Å². The molecule has 0 radical (unpaired) electrons. The number of halogens is 1. The molecule has 0 fully saturated rings. The Morgan fingerprint density at radius 3 is 1.96 bits per heavy atom. The summed E-state index contributed by atoms with van der Waals surface area (Å²) in [5, 5.41) is 14.7. The lowest BCUT2D eigenvalue weighted by atomic mass is 9.84. The number of sulfonamides is 1. The molecular weight excluding hydrogens is 728 g/mol. The SMILES string of the molecule is Cc1cc(Cl)c2c(c1)[C@H](c1cccc(S(=O)(=O)NCCOCCOCCNC(=O)NCCNCCNC(=O)NCCOCCOCCN)c1)CN(C)C2. The van der Waals surface area contributed by atoms with Crippen LogP contribution in [-0.4, -0.2) is 144 Å². The van der Waals surface area contributed by atoms with Crippen molar-refractivity contribution in [2.75, 3.05) is 119 Å². The highest BCUT2D eigenvalue weighted by Crippen LogP contribution is 2.37. The van der Waals surface area contributed by atoms with Crippen LogP contribution >= 0.6 is 11.6 Å². The predicted molar refractivity (Wildman–Crippen MR) is 204 cm³/mol. The number of nitrogens with two attached hydrogens (primary N) is 1. The van der Waals surface area contributed by atoms with Crippen molar-refractivity contribution in [2.24, 2.45) is 5.73 Å². The van der Waals surface area contributed by atoms with Gasteiger partial charge in [0.25, 0.3) is 0 Å². The Hall–Kier alpha value is -3.10. The van der Waals surface area contributed by atoms with E-state index in [0.29, 0.717) is 85.5 Å². The Labute approximate surface area is 318 Å². The number of amides is 4. The number of hydrogen-bond donors (Lipinski definition) is 7. The summed E-state index contributed by atoms with van der Waals surface area (Å²) in [6.07, 6.45) is 0. The standard InChI is InChI=1S/C35H57ClN8O8S/c1-27-22-30-31(25-44(2)26-32(30)33(36)23-27)28-4-3-5-29(24-28)53(47,48)43-13-17-52-21-20-51-16-12-42-35(46)40-10-8-38-7-9-39-34(45)41-11-15-50-19-18-49-14-6-37/h3-5,22-24,31,38,43H,6-21,25-26,37H2,1-2H3,(H2,39,41,45)(H2,40,42,46)/t31-/m0/s1. The topological polar surface area (TPSA) is 207 Å². The summed E-state index contributed by atoms with van der Waals surface area (Å²) in [6.45, 7) is 9.63. The van der Waals surface area contributed by atoms with Crippen LogP contribution in [0.3, 0.4) is 0 Å². The molecule has 2 aromatic rings. The zero-order chi connectivity index (χ0) is 38.3. The number of carbonyl (C=O) groups is 2. The zero-order valence-electron chi connectivity index (χ0n) is 30.8. The van der Waals surface area contributed by atoms with Gasteiger partial charge in [0.2, 0.25) is 10.0 Å². The number of rotatable bonds is 26. The third-order valence-corrected chi connectivity index (χ3v) is 9.82. The molecule has 1 atom stereocenters. The van der Waals surface area contributed by atoms with Gasteiger partial charge >= 0.3 is 12.1 Å². The quantitative estimate of drug-likeness (QED) is 0.0662. The first-order valence-electron chi connectivity index (χ1n) is 17.9. The third-order valence-electron chi connectivity index (χ3n) is 8.03. The Morgan fingerprint density at radius 2 is 1.36 bits per heavy atom. The number of nitrogens with one attached hydrogen (secondary N) is 6. The smallest absolute Gasteiger partial charge is 0.314 e. The van der Waals surface area contributed by atoms with Crippen LogP contribution in [0.5, 0.6) is 0 Å². The van der Waals surface area contributed by atoms with E-state index in [1.807, 2.05) is 26.1 Å². The Balaban J connectivity index is 1.16. The molecule has 0 saturated carbocycles. The monoisotopic (exact) mass is 784 g/mol. The minimum atomic E-state index is -3.74. The largest absolute Gasteiger partial charge is 0.378 e. The van der Waals surface area contributed by atoms with E-state index >= 15 is 0 Å². The van der Waals surface area contributed by atoms with Crippen LogP contribution in [0.1, 0.15) is 28.2 Å². The average Bonchev–Trinajstić information content (AvgIpc) is 3.13. The molecule has 2 aromatic carbocycles. The highest BCUT2D eigenvalue weighted by atomic mass is 35.5. The molecule has 16 nitrogen and oxygen atoms in total. The Morgan fingerprint density at radius 1 is 0.792 bits per heavy atom. The number of urea groups is 2. The first-order chi connectivity index (χ1) is 25.6. The van der Waals surface area contributed by atoms with Gasteiger partial charge in [-0.15, -0.1) is 0 Å². The van der Waals surface area contributed by atoms with E-state index in [2.05, 4.69) is 42.3 Å². The minimum absolute atomic E-state index is 0.00410. The van der Waals surface area contributed by atoms with Crippen molar-refractivity contribution in [1.29, 1.82) is 0 Å². The first-order valence-corrected chi connectivity index (χ1v) is 19.8. The van der Waals surface area contributed by atoms with E-state index in [0.717, 1.165) is 40.4 Å². The first kappa shape index (κ1) is 44.3. The number of ether oxygens (including phenoxy) is 4. The summed E-state index contributed by atoms with van der Waals surface area (Å²) >= 11 is 6.58. The van der Waals surface area contributed by atoms with Gasteiger partial charge in [0.05, 0.1) is 57.8 Å². The van der Waals surface area contributed by atoms with Gasteiger partial charge in [0, 0.05) is 76.4 Å². The molecule has 0 spiro atoms. The lowest BCUT2D eigenvalue weighted by Gasteiger charge is -2.33. The maximum Gasteiger partial charge on any atom is 0.314 e. The molecule has 0 aromatic heterocycles. The fourth-order valence-corrected chi connectivity index (χ4v) is 6.92. The van der Waals surface area contributed by atoms with Crippen LogP contribution in [0.2, 0.25) is 5.02 Å². The molecular formula is C35H57ClN8O8S. The van der Waals surface area contributed by atoms with E-state index in [9.17, 15) is 18.0 Å². The molecule has 1 aliphatic rings. The number of aryl methyl sites for hydroxylation is 1. The number of hydrogen-bond acceptors (Lipinski definition) is 11. The van der Waals surface area contributed by atoms with Gasteiger partial charge in [-0.3, -0.25) is 0 Å². The second kappa shape index (κ2) is 25.1. The maximum atomic E-state index is 13.1. The van der Waals surface area contributed by atoms with Crippen molar-refractivity contribution < 1.29 is 37.0 Å². The molecule has 4 amide bonds. The molecule has 298 valence electrons. The summed E-state index contributed by atoms with van der Waals surface area (Å²) in [5.74, 6) is 0.00410. The number of benzene rings is 2. The summed E-state index contributed by atoms with van der Waals surface area (Å²) in [4.78, 5) is 26.1. The van der Waals surface area contributed by atoms with Crippen LogP contribution in [0.25, 0.3) is 0 Å². The Bertz CT molecular complexity index is 1510. The lowest BCUT2D eigenvalue weighted by molar-refractivity contribution is 0.0516. The van der Waals surface area contributed by atoms with Gasteiger partial charge in [-0.25, -0.2) is 22.7 Å². The summed E-state index contributed by atoms with van der Waals surface area (Å²) in [6, 6.07) is 10.6. The summed E-state index contributed by atoms with van der Waals surface area (Å²) in [5.41, 5.74) is 9.54. The van der Waals surface area contributed by atoms with Crippen LogP contribution in [-0.2, 0) is 35.5 Å². The van der Waals surface area contributed by atoms with E-state index < -0.39 is 10.0 Å². The molecule has 18 heteroatoms. The summed E-state index contributed by atoms with van der Waals surface area (Å²) < 4.78 is 50.3. The van der Waals surface area contributed by atoms with Gasteiger partial charge in [-0.05, 0) is 54.4 Å². The molecule has 0 aliphatic carbocycles. The van der Waals surface area contributed by atoms with Crippen LogP contribution in [0, 0.1) is 6.92 Å². The second-order valence-corrected chi connectivity index (χ2v) is 14.6. The van der Waals surface area contributed by atoms with E-state index in [1.165, 1.54) is 0 Å². The highest BCUT2D eigenvalue weighted by molar-refractivity contribution is 7.89. The molecule has 0 saturated heterocycles. The fraction of sp³-hybridized carbons (Fsp3) is 0.600. The minimum Gasteiger partial charge on any atom is -0.378 e. The molecule has 1 heterocycles. The average molecular weight is 785 g/mol. The third kappa shape index (κ3) is 17.3. The van der Waals surface area contributed by atoms with Gasteiger partial charge < -0.3 is 56.2 Å². The number of likely N-dealkylation sites (N-methyl/N-ethyl adjacent to an activating group) is 1. The van der Waals surface area contributed by atoms with E-state index in [1.54, 1.807) is 18.2 Å². The van der Waals surface area contributed by atoms with Crippen molar-refractivity contribution in [1.82, 2.24) is 36.2 Å².